The van der Waals surface area contributed by atoms with E-state index in [9.17, 15) is 5.26 Å². The molecule has 6 heteroatoms. The zero-order valence-corrected chi connectivity index (χ0v) is 13.8. The summed E-state index contributed by atoms with van der Waals surface area (Å²) >= 11 is 0. The van der Waals surface area contributed by atoms with Crippen LogP contribution < -0.4 is 14.2 Å². The number of nitrogens with zero attached hydrogens (tertiary/aromatic N) is 2. The Balaban J connectivity index is 1.79. The lowest BCUT2D eigenvalue weighted by molar-refractivity contribution is 0.171. The van der Waals surface area contributed by atoms with E-state index in [1.165, 1.54) is 0 Å². The SMILES string of the molecule is COc1cc(C=C(C#N)c2nc3ccc(C)cc3[nH]2)cc2c1OCO2. The molecule has 6 nitrogen and oxygen atoms in total. The van der Waals surface area contributed by atoms with Gasteiger partial charge < -0.3 is 19.2 Å². The first kappa shape index (κ1) is 15.1. The van der Waals surface area contributed by atoms with Gasteiger partial charge in [-0.1, -0.05) is 6.07 Å². The predicted molar refractivity (Wildman–Crippen MR) is 93.4 cm³/mol. The fourth-order valence-corrected chi connectivity index (χ4v) is 2.80. The third-order valence-corrected chi connectivity index (χ3v) is 4.00. The average molecular weight is 333 g/mol. The van der Waals surface area contributed by atoms with E-state index in [0.29, 0.717) is 28.6 Å². The normalized spacial score (nSPS) is 13.1. The van der Waals surface area contributed by atoms with E-state index in [1.54, 1.807) is 19.3 Å². The number of methoxy groups -OCH3 is 1. The summed E-state index contributed by atoms with van der Waals surface area (Å²) in [6.45, 7) is 2.17. The maximum atomic E-state index is 9.57. The van der Waals surface area contributed by atoms with Gasteiger partial charge in [0, 0.05) is 0 Å². The second kappa shape index (κ2) is 5.87. The quantitative estimate of drug-likeness (QED) is 0.740. The minimum atomic E-state index is 0.160. The van der Waals surface area contributed by atoms with Crippen LogP contribution in [0.15, 0.2) is 30.3 Å². The van der Waals surface area contributed by atoms with Crippen molar-refractivity contribution in [1.29, 1.82) is 5.26 Å². The highest BCUT2D eigenvalue weighted by molar-refractivity contribution is 5.91. The molecule has 0 fully saturated rings. The van der Waals surface area contributed by atoms with Crippen molar-refractivity contribution in [3.63, 3.8) is 0 Å². The molecule has 2 aromatic carbocycles. The molecule has 0 aliphatic carbocycles. The third kappa shape index (κ3) is 2.66. The van der Waals surface area contributed by atoms with E-state index in [-0.39, 0.29) is 6.79 Å². The number of imidazole rings is 1. The van der Waals surface area contributed by atoms with E-state index in [0.717, 1.165) is 22.2 Å². The maximum Gasteiger partial charge on any atom is 0.231 e. The lowest BCUT2D eigenvalue weighted by Crippen LogP contribution is -1.93. The van der Waals surface area contributed by atoms with Gasteiger partial charge in [-0.15, -0.1) is 0 Å². The fraction of sp³-hybridized carbons (Fsp3) is 0.158. The van der Waals surface area contributed by atoms with E-state index >= 15 is 0 Å². The average Bonchev–Trinajstić information content (AvgIpc) is 3.24. The Morgan fingerprint density at radius 3 is 3.00 bits per heavy atom. The monoisotopic (exact) mass is 333 g/mol. The van der Waals surface area contributed by atoms with Gasteiger partial charge in [0.25, 0.3) is 0 Å². The second-order valence-electron chi connectivity index (χ2n) is 5.73. The molecule has 0 saturated carbocycles. The Morgan fingerprint density at radius 2 is 2.20 bits per heavy atom. The number of H-pyrrole nitrogens is 1. The molecule has 0 radical (unpaired) electrons. The first-order valence-electron chi connectivity index (χ1n) is 7.74. The zero-order chi connectivity index (χ0) is 17.4. The summed E-state index contributed by atoms with van der Waals surface area (Å²) in [4.78, 5) is 7.70. The molecule has 3 aromatic rings. The number of rotatable bonds is 3. The molecule has 1 aliphatic heterocycles. The molecular formula is C19H15N3O3. The molecule has 0 bridgehead atoms. The van der Waals surface area contributed by atoms with Gasteiger partial charge in [0.05, 0.1) is 23.7 Å². The van der Waals surface area contributed by atoms with E-state index in [2.05, 4.69) is 16.0 Å². The lowest BCUT2D eigenvalue weighted by atomic mass is 10.1. The van der Waals surface area contributed by atoms with Crippen molar-refractivity contribution in [2.24, 2.45) is 0 Å². The molecule has 0 unspecified atom stereocenters. The Hall–Kier alpha value is -3.46. The smallest absolute Gasteiger partial charge is 0.231 e. The number of aromatic nitrogens is 2. The van der Waals surface area contributed by atoms with Crippen molar-refractivity contribution in [2.75, 3.05) is 13.9 Å². The van der Waals surface area contributed by atoms with Crippen LogP contribution >= 0.6 is 0 Å². The van der Waals surface area contributed by atoms with Crippen LogP contribution in [-0.4, -0.2) is 23.9 Å². The number of fused-ring (bicyclic) bond motifs is 2. The number of hydrogen-bond donors (Lipinski definition) is 1. The van der Waals surface area contributed by atoms with Crippen LogP contribution in [0, 0.1) is 18.3 Å². The fourth-order valence-electron chi connectivity index (χ4n) is 2.80. The third-order valence-electron chi connectivity index (χ3n) is 4.00. The number of allylic oxidation sites excluding steroid dienone is 1. The molecule has 1 N–H and O–H groups in total. The topological polar surface area (TPSA) is 80.2 Å². The zero-order valence-electron chi connectivity index (χ0n) is 13.8. The van der Waals surface area contributed by atoms with Gasteiger partial charge in [0.15, 0.2) is 11.5 Å². The summed E-state index contributed by atoms with van der Waals surface area (Å²) in [6, 6.07) is 11.7. The van der Waals surface area contributed by atoms with Gasteiger partial charge in [0.2, 0.25) is 12.5 Å². The highest BCUT2D eigenvalue weighted by Gasteiger charge is 2.20. The minimum Gasteiger partial charge on any atom is -0.493 e. The molecule has 124 valence electrons. The molecule has 0 saturated heterocycles. The van der Waals surface area contributed by atoms with Gasteiger partial charge in [-0.3, -0.25) is 0 Å². The largest absolute Gasteiger partial charge is 0.493 e. The van der Waals surface area contributed by atoms with Crippen LogP contribution in [0.25, 0.3) is 22.7 Å². The molecular weight excluding hydrogens is 318 g/mol. The summed E-state index contributed by atoms with van der Waals surface area (Å²) in [6.07, 6.45) is 1.75. The minimum absolute atomic E-state index is 0.160. The van der Waals surface area contributed by atoms with Crippen molar-refractivity contribution < 1.29 is 14.2 Å². The number of nitriles is 1. The Labute approximate surface area is 144 Å². The summed E-state index contributed by atoms with van der Waals surface area (Å²) in [7, 11) is 1.57. The standard InChI is InChI=1S/C19H15N3O3/c1-11-3-4-14-15(5-11)22-19(21-14)13(9-20)6-12-7-16(23-2)18-17(8-12)24-10-25-18/h3-8H,10H2,1-2H3,(H,21,22). The summed E-state index contributed by atoms with van der Waals surface area (Å²) in [5.41, 5.74) is 4.05. The summed E-state index contributed by atoms with van der Waals surface area (Å²) in [5, 5.41) is 9.57. The number of nitrogens with one attached hydrogen (secondary N) is 1. The van der Waals surface area contributed by atoms with E-state index in [1.807, 2.05) is 31.2 Å². The number of aryl methyl sites for hydroxylation is 1. The molecule has 1 aromatic heterocycles. The van der Waals surface area contributed by atoms with Crippen LogP contribution in [0.3, 0.4) is 0 Å². The van der Waals surface area contributed by atoms with Crippen molar-refractivity contribution in [3.8, 4) is 23.3 Å². The van der Waals surface area contributed by atoms with Crippen molar-refractivity contribution in [2.45, 2.75) is 6.92 Å². The first-order chi connectivity index (χ1) is 12.2. The van der Waals surface area contributed by atoms with Gasteiger partial charge in [0.1, 0.15) is 11.9 Å². The molecule has 0 amide bonds. The molecule has 0 atom stereocenters. The summed E-state index contributed by atoms with van der Waals surface area (Å²) in [5.74, 6) is 2.28. The van der Waals surface area contributed by atoms with Crippen molar-refractivity contribution in [3.05, 3.63) is 47.3 Å². The Bertz CT molecular complexity index is 1040. The van der Waals surface area contributed by atoms with Crippen LogP contribution in [0.5, 0.6) is 17.2 Å². The van der Waals surface area contributed by atoms with Gasteiger partial charge in [-0.2, -0.15) is 5.26 Å². The predicted octanol–water partition coefficient (Wildman–Crippen LogP) is 3.67. The van der Waals surface area contributed by atoms with Crippen molar-refractivity contribution >= 4 is 22.7 Å². The molecule has 4 rings (SSSR count). The highest BCUT2D eigenvalue weighted by Crippen LogP contribution is 2.42. The first-order valence-corrected chi connectivity index (χ1v) is 7.74. The Morgan fingerprint density at radius 1 is 1.32 bits per heavy atom. The summed E-state index contributed by atoms with van der Waals surface area (Å²) < 4.78 is 16.2. The molecule has 2 heterocycles. The molecule has 0 spiro atoms. The molecule has 1 aliphatic rings. The van der Waals surface area contributed by atoms with Gasteiger partial charge in [-0.05, 0) is 48.4 Å². The van der Waals surface area contributed by atoms with Gasteiger partial charge in [-0.25, -0.2) is 4.98 Å². The van der Waals surface area contributed by atoms with E-state index in [4.69, 9.17) is 14.2 Å². The molecule has 25 heavy (non-hydrogen) atoms. The van der Waals surface area contributed by atoms with Crippen LogP contribution in [-0.2, 0) is 0 Å². The lowest BCUT2D eigenvalue weighted by Gasteiger charge is -2.06. The van der Waals surface area contributed by atoms with Crippen LogP contribution in [0.4, 0.5) is 0 Å². The van der Waals surface area contributed by atoms with Crippen LogP contribution in [0.2, 0.25) is 0 Å². The maximum absolute atomic E-state index is 9.57. The second-order valence-corrected chi connectivity index (χ2v) is 5.73. The van der Waals surface area contributed by atoms with E-state index < -0.39 is 0 Å². The number of aromatic amines is 1. The number of ether oxygens (including phenoxy) is 3. The highest BCUT2D eigenvalue weighted by atomic mass is 16.7. The number of hydrogen-bond acceptors (Lipinski definition) is 5. The number of benzene rings is 2. The van der Waals surface area contributed by atoms with Crippen molar-refractivity contribution in [1.82, 2.24) is 9.97 Å². The van der Waals surface area contributed by atoms with Crippen LogP contribution in [0.1, 0.15) is 17.0 Å². The van der Waals surface area contributed by atoms with Gasteiger partial charge >= 0.3 is 0 Å². The Kier molecular flexibility index (Phi) is 3.55.